The summed E-state index contributed by atoms with van der Waals surface area (Å²) >= 11 is 1.20. The molecule has 0 aromatic carbocycles. The number of halogens is 3. The number of rotatable bonds is 2. The fourth-order valence-corrected chi connectivity index (χ4v) is 3.14. The molecule has 0 saturated carbocycles. The van der Waals surface area contributed by atoms with Crippen LogP contribution in [0.25, 0.3) is 6.08 Å². The highest BCUT2D eigenvalue weighted by Crippen LogP contribution is 2.32. The highest BCUT2D eigenvalue weighted by atomic mass is 32.1. The molecule has 0 unspecified atom stereocenters. The SMILES string of the molecule is O=C1CCN(c2ccc(/C=C3\C(=O)ON=C3C(F)(F)F)s2)C1. The molecule has 0 atom stereocenters. The van der Waals surface area contributed by atoms with Gasteiger partial charge in [0.25, 0.3) is 0 Å². The summed E-state index contributed by atoms with van der Waals surface area (Å²) in [5, 5.41) is 3.56. The van der Waals surface area contributed by atoms with Crippen LogP contribution in [0, 0.1) is 0 Å². The molecule has 0 radical (unpaired) electrons. The van der Waals surface area contributed by atoms with Gasteiger partial charge in [0.05, 0.1) is 17.1 Å². The van der Waals surface area contributed by atoms with Gasteiger partial charge >= 0.3 is 12.1 Å². The standard InChI is InChI=1S/C13H9F3N2O3S/c14-13(15,16)11-9(12(20)21-17-11)5-8-1-2-10(22-8)18-4-3-7(19)6-18/h1-2,5H,3-4,6H2/b9-5-. The van der Waals surface area contributed by atoms with Crippen molar-refractivity contribution in [3.63, 3.8) is 0 Å². The summed E-state index contributed by atoms with van der Waals surface area (Å²) in [6, 6.07) is 3.30. The van der Waals surface area contributed by atoms with Crippen molar-refractivity contribution in [2.75, 3.05) is 18.0 Å². The number of carbonyl (C=O) groups is 2. The molecule has 0 spiro atoms. The van der Waals surface area contributed by atoms with Gasteiger partial charge < -0.3 is 9.74 Å². The van der Waals surface area contributed by atoms with Crippen LogP contribution in [-0.4, -0.2) is 36.7 Å². The average molecular weight is 330 g/mol. The molecular weight excluding hydrogens is 321 g/mol. The molecule has 9 heteroatoms. The van der Waals surface area contributed by atoms with E-state index in [9.17, 15) is 22.8 Å². The maximum atomic E-state index is 12.7. The van der Waals surface area contributed by atoms with E-state index in [1.807, 2.05) is 4.90 Å². The van der Waals surface area contributed by atoms with Crippen LogP contribution in [0.2, 0.25) is 0 Å². The summed E-state index contributed by atoms with van der Waals surface area (Å²) in [6.45, 7) is 0.889. The molecule has 116 valence electrons. The van der Waals surface area contributed by atoms with Gasteiger partial charge in [-0.25, -0.2) is 4.79 Å². The third-order valence-electron chi connectivity index (χ3n) is 3.20. The van der Waals surface area contributed by atoms with Crippen LogP contribution in [0.1, 0.15) is 11.3 Å². The molecule has 3 rings (SSSR count). The van der Waals surface area contributed by atoms with Gasteiger partial charge in [-0.2, -0.15) is 13.2 Å². The number of thiophene rings is 1. The summed E-state index contributed by atoms with van der Waals surface area (Å²) in [7, 11) is 0. The Morgan fingerprint density at radius 1 is 1.32 bits per heavy atom. The van der Waals surface area contributed by atoms with E-state index >= 15 is 0 Å². The van der Waals surface area contributed by atoms with Crippen molar-refractivity contribution in [1.82, 2.24) is 0 Å². The summed E-state index contributed by atoms with van der Waals surface area (Å²) in [4.78, 5) is 29.1. The van der Waals surface area contributed by atoms with Crippen LogP contribution >= 0.6 is 11.3 Å². The predicted molar refractivity (Wildman–Crippen MR) is 73.7 cm³/mol. The summed E-state index contributed by atoms with van der Waals surface area (Å²) in [5.74, 6) is -1.00. The molecule has 3 heterocycles. The van der Waals surface area contributed by atoms with Crippen LogP contribution in [0.3, 0.4) is 0 Å². The molecule has 1 saturated heterocycles. The van der Waals surface area contributed by atoms with Crippen molar-refractivity contribution >= 4 is 39.9 Å². The minimum atomic E-state index is -4.75. The van der Waals surface area contributed by atoms with Crippen molar-refractivity contribution in [1.29, 1.82) is 0 Å². The molecule has 0 N–H and O–H groups in total. The zero-order chi connectivity index (χ0) is 15.9. The smallest absolute Gasteiger partial charge is 0.356 e. The summed E-state index contributed by atoms with van der Waals surface area (Å²) in [6.07, 6.45) is -3.18. The second kappa shape index (κ2) is 5.24. The summed E-state index contributed by atoms with van der Waals surface area (Å²) < 4.78 is 38.2. The lowest BCUT2D eigenvalue weighted by Gasteiger charge is -2.12. The molecule has 22 heavy (non-hydrogen) atoms. The monoisotopic (exact) mass is 330 g/mol. The Bertz CT molecular complexity index is 706. The van der Waals surface area contributed by atoms with Gasteiger partial charge in [-0.1, -0.05) is 5.16 Å². The number of ketones is 1. The van der Waals surface area contributed by atoms with Gasteiger partial charge in [0, 0.05) is 17.8 Å². The first-order valence-electron chi connectivity index (χ1n) is 6.29. The van der Waals surface area contributed by atoms with Gasteiger partial charge in [0.2, 0.25) is 0 Å². The number of hydrogen-bond acceptors (Lipinski definition) is 6. The van der Waals surface area contributed by atoms with Crippen LogP contribution in [-0.2, 0) is 14.4 Å². The maximum absolute atomic E-state index is 12.7. The molecule has 2 aliphatic heterocycles. The van der Waals surface area contributed by atoms with Gasteiger partial charge in [-0.15, -0.1) is 11.3 Å². The van der Waals surface area contributed by atoms with E-state index in [1.54, 1.807) is 12.1 Å². The lowest BCUT2D eigenvalue weighted by atomic mass is 10.1. The van der Waals surface area contributed by atoms with E-state index in [4.69, 9.17) is 0 Å². The number of carbonyl (C=O) groups excluding carboxylic acids is 2. The second-order valence-corrected chi connectivity index (χ2v) is 5.85. The molecule has 2 aliphatic rings. The van der Waals surface area contributed by atoms with E-state index < -0.39 is 23.4 Å². The first kappa shape index (κ1) is 14.8. The van der Waals surface area contributed by atoms with Crippen molar-refractivity contribution in [3.05, 3.63) is 22.6 Å². The highest BCUT2D eigenvalue weighted by molar-refractivity contribution is 7.17. The zero-order valence-corrected chi connectivity index (χ0v) is 11.8. The largest absolute Gasteiger partial charge is 0.437 e. The third-order valence-corrected chi connectivity index (χ3v) is 4.30. The molecule has 1 fully saturated rings. The van der Waals surface area contributed by atoms with Crippen LogP contribution in [0.15, 0.2) is 22.9 Å². The van der Waals surface area contributed by atoms with Crippen molar-refractivity contribution in [3.8, 4) is 0 Å². The zero-order valence-electron chi connectivity index (χ0n) is 11.0. The molecule has 5 nitrogen and oxygen atoms in total. The van der Waals surface area contributed by atoms with Crippen LogP contribution in [0.4, 0.5) is 18.2 Å². The minimum Gasteiger partial charge on any atom is -0.356 e. The van der Waals surface area contributed by atoms with Gasteiger partial charge in [0.1, 0.15) is 0 Å². The molecular formula is C13H9F3N2O3S. The fraction of sp³-hybridized carbons (Fsp3) is 0.308. The first-order valence-corrected chi connectivity index (χ1v) is 7.11. The molecule has 1 aromatic rings. The number of hydrogen-bond donors (Lipinski definition) is 0. The van der Waals surface area contributed by atoms with E-state index in [2.05, 4.69) is 9.99 Å². The number of anilines is 1. The average Bonchev–Trinajstić information content (AvgIpc) is 3.11. The first-order chi connectivity index (χ1) is 10.3. The van der Waals surface area contributed by atoms with Crippen LogP contribution < -0.4 is 4.90 Å². The Morgan fingerprint density at radius 3 is 2.73 bits per heavy atom. The number of alkyl halides is 3. The molecule has 1 aromatic heterocycles. The van der Waals surface area contributed by atoms with Gasteiger partial charge in [0.15, 0.2) is 11.5 Å². The third kappa shape index (κ3) is 2.76. The van der Waals surface area contributed by atoms with Gasteiger partial charge in [-0.3, -0.25) is 4.79 Å². The van der Waals surface area contributed by atoms with E-state index in [0.29, 0.717) is 24.4 Å². The van der Waals surface area contributed by atoms with Gasteiger partial charge in [-0.05, 0) is 18.2 Å². The van der Waals surface area contributed by atoms with E-state index in [0.717, 1.165) is 11.1 Å². The lowest BCUT2D eigenvalue weighted by Crippen LogP contribution is -2.24. The summed E-state index contributed by atoms with van der Waals surface area (Å²) in [5.41, 5.74) is -1.94. The predicted octanol–water partition coefficient (Wildman–Crippen LogP) is 2.39. The van der Waals surface area contributed by atoms with Crippen molar-refractivity contribution in [2.45, 2.75) is 12.6 Å². The lowest BCUT2D eigenvalue weighted by molar-refractivity contribution is -0.136. The quantitative estimate of drug-likeness (QED) is 0.617. The fourth-order valence-electron chi connectivity index (χ4n) is 2.16. The topological polar surface area (TPSA) is 59.0 Å². The van der Waals surface area contributed by atoms with Crippen LogP contribution in [0.5, 0.6) is 0 Å². The molecule has 0 amide bonds. The Balaban J connectivity index is 1.86. The number of oxime groups is 1. The molecule has 0 bridgehead atoms. The Hall–Kier alpha value is -2.16. The normalized spacial score (nSPS) is 20.8. The Morgan fingerprint density at radius 2 is 2.09 bits per heavy atom. The van der Waals surface area contributed by atoms with E-state index in [-0.39, 0.29) is 5.78 Å². The van der Waals surface area contributed by atoms with E-state index in [1.165, 1.54) is 11.3 Å². The molecule has 0 aliphatic carbocycles. The Labute approximate surface area is 126 Å². The van der Waals surface area contributed by atoms with Crippen molar-refractivity contribution < 1.29 is 27.6 Å². The minimum absolute atomic E-state index is 0.124. The second-order valence-electron chi connectivity index (χ2n) is 4.76. The maximum Gasteiger partial charge on any atom is 0.437 e. The highest BCUT2D eigenvalue weighted by Gasteiger charge is 2.45. The number of Topliss-reactive ketones (excluding diaryl/α,β-unsaturated/α-hetero) is 1. The van der Waals surface area contributed by atoms with Crippen molar-refractivity contribution in [2.24, 2.45) is 5.16 Å². The number of nitrogens with zero attached hydrogens (tertiary/aromatic N) is 2. The Kier molecular flexibility index (Phi) is 3.51.